The zero-order valence-corrected chi connectivity index (χ0v) is 12.4. The number of rotatable bonds is 6. The number of aliphatic hydroxyl groups excluding tert-OH is 1. The Hall–Kier alpha value is -1.95. The van der Waals surface area contributed by atoms with E-state index in [2.05, 4.69) is 10.6 Å². The van der Waals surface area contributed by atoms with Crippen LogP contribution < -0.4 is 10.6 Å². The van der Waals surface area contributed by atoms with Crippen molar-refractivity contribution in [3.63, 3.8) is 0 Å². The molecule has 116 valence electrons. The Kier molecular flexibility index (Phi) is 6.30. The van der Waals surface area contributed by atoms with Crippen LogP contribution in [0.4, 0.5) is 10.1 Å². The van der Waals surface area contributed by atoms with Gasteiger partial charge in [-0.15, -0.1) is 0 Å². The van der Waals surface area contributed by atoms with Crippen molar-refractivity contribution in [2.75, 3.05) is 11.9 Å². The summed E-state index contributed by atoms with van der Waals surface area (Å²) in [6.45, 7) is 5.34. The number of benzene rings is 1. The topological polar surface area (TPSA) is 78.4 Å². The standard InChI is InChI=1S/C15H21FN2O3/c1-9(2)14(20)6-7-17-15(21)12-8-11(18-10(3)19)4-5-13(12)16/h4-5,8-9,14,20H,6-7H2,1-3H3,(H,17,21)(H,18,19). The van der Waals surface area contributed by atoms with Gasteiger partial charge in [-0.25, -0.2) is 4.39 Å². The number of anilines is 1. The average molecular weight is 296 g/mol. The fourth-order valence-electron chi connectivity index (χ4n) is 1.74. The SMILES string of the molecule is CC(=O)Nc1ccc(F)c(C(=O)NCCC(O)C(C)C)c1. The molecule has 1 atom stereocenters. The molecule has 0 aliphatic rings. The van der Waals surface area contributed by atoms with E-state index in [0.717, 1.165) is 6.07 Å². The van der Waals surface area contributed by atoms with E-state index in [1.165, 1.54) is 19.1 Å². The molecule has 0 aliphatic heterocycles. The first-order chi connectivity index (χ1) is 9.81. The number of aliphatic hydroxyl groups is 1. The second-order valence-electron chi connectivity index (χ2n) is 5.23. The number of carbonyl (C=O) groups is 2. The van der Waals surface area contributed by atoms with Gasteiger partial charge < -0.3 is 15.7 Å². The van der Waals surface area contributed by atoms with Crippen LogP contribution >= 0.6 is 0 Å². The van der Waals surface area contributed by atoms with Gasteiger partial charge in [0.05, 0.1) is 11.7 Å². The first-order valence-corrected chi connectivity index (χ1v) is 6.84. The first-order valence-electron chi connectivity index (χ1n) is 6.84. The summed E-state index contributed by atoms with van der Waals surface area (Å²) in [6, 6.07) is 3.80. The van der Waals surface area contributed by atoms with Crippen LogP contribution in [0.15, 0.2) is 18.2 Å². The van der Waals surface area contributed by atoms with Crippen molar-refractivity contribution < 1.29 is 19.1 Å². The zero-order valence-electron chi connectivity index (χ0n) is 12.4. The summed E-state index contributed by atoms with van der Waals surface area (Å²) in [5.74, 6) is -1.43. The Labute approximate surface area is 123 Å². The predicted octanol–water partition coefficient (Wildman–Crippen LogP) is 1.92. The molecule has 1 unspecified atom stereocenters. The van der Waals surface area contributed by atoms with Gasteiger partial charge in [0, 0.05) is 19.2 Å². The second kappa shape index (κ2) is 7.73. The summed E-state index contributed by atoms with van der Waals surface area (Å²) in [6.07, 6.45) is -0.114. The molecule has 21 heavy (non-hydrogen) atoms. The Bertz CT molecular complexity index is 518. The van der Waals surface area contributed by atoms with Crippen molar-refractivity contribution in [2.24, 2.45) is 5.92 Å². The van der Waals surface area contributed by atoms with Crippen LogP contribution in [0.3, 0.4) is 0 Å². The maximum absolute atomic E-state index is 13.6. The highest BCUT2D eigenvalue weighted by molar-refractivity contribution is 5.97. The lowest BCUT2D eigenvalue weighted by molar-refractivity contribution is -0.114. The van der Waals surface area contributed by atoms with Crippen molar-refractivity contribution in [3.05, 3.63) is 29.6 Å². The van der Waals surface area contributed by atoms with E-state index in [1.807, 2.05) is 13.8 Å². The molecule has 1 rings (SSSR count). The molecule has 5 nitrogen and oxygen atoms in total. The van der Waals surface area contributed by atoms with Crippen LogP contribution in [0.2, 0.25) is 0 Å². The summed E-state index contributed by atoms with van der Waals surface area (Å²) >= 11 is 0. The molecule has 6 heteroatoms. The zero-order chi connectivity index (χ0) is 16.0. The number of carbonyl (C=O) groups excluding carboxylic acids is 2. The number of hydrogen-bond acceptors (Lipinski definition) is 3. The largest absolute Gasteiger partial charge is 0.393 e. The van der Waals surface area contributed by atoms with Crippen molar-refractivity contribution in [1.29, 1.82) is 0 Å². The van der Waals surface area contributed by atoms with Gasteiger partial charge in [0.15, 0.2) is 0 Å². The Morgan fingerprint density at radius 1 is 1.33 bits per heavy atom. The molecule has 1 aromatic carbocycles. The summed E-state index contributed by atoms with van der Waals surface area (Å²) < 4.78 is 13.6. The van der Waals surface area contributed by atoms with Crippen LogP contribution in [-0.4, -0.2) is 29.6 Å². The lowest BCUT2D eigenvalue weighted by Crippen LogP contribution is -2.29. The van der Waals surface area contributed by atoms with Gasteiger partial charge in [0.2, 0.25) is 5.91 Å². The molecule has 0 aliphatic carbocycles. The highest BCUT2D eigenvalue weighted by atomic mass is 19.1. The molecule has 2 amide bonds. The molecule has 0 heterocycles. The maximum Gasteiger partial charge on any atom is 0.254 e. The van der Waals surface area contributed by atoms with Crippen molar-refractivity contribution in [2.45, 2.75) is 33.3 Å². The fraction of sp³-hybridized carbons (Fsp3) is 0.467. The first kappa shape index (κ1) is 17.1. The maximum atomic E-state index is 13.6. The number of amides is 2. The predicted molar refractivity (Wildman–Crippen MR) is 78.5 cm³/mol. The molecule has 0 aromatic heterocycles. The van der Waals surface area contributed by atoms with Gasteiger partial charge in [-0.3, -0.25) is 9.59 Å². The average Bonchev–Trinajstić information content (AvgIpc) is 2.39. The quantitative estimate of drug-likeness (QED) is 0.750. The molecule has 3 N–H and O–H groups in total. The molecule has 0 spiro atoms. The molecule has 0 fully saturated rings. The van der Waals surface area contributed by atoms with Crippen LogP contribution in [0.5, 0.6) is 0 Å². The highest BCUT2D eigenvalue weighted by Gasteiger charge is 2.14. The number of hydrogen-bond donors (Lipinski definition) is 3. The Morgan fingerprint density at radius 3 is 2.57 bits per heavy atom. The summed E-state index contributed by atoms with van der Waals surface area (Å²) in [5.41, 5.74) is 0.219. The van der Waals surface area contributed by atoms with Crippen molar-refractivity contribution >= 4 is 17.5 Å². The molecule has 0 saturated carbocycles. The van der Waals surface area contributed by atoms with Gasteiger partial charge in [-0.05, 0) is 30.5 Å². The van der Waals surface area contributed by atoms with Crippen LogP contribution in [0.25, 0.3) is 0 Å². The summed E-state index contributed by atoms with van der Waals surface area (Å²) in [4.78, 5) is 22.9. The third-order valence-corrected chi connectivity index (χ3v) is 3.03. The highest BCUT2D eigenvalue weighted by Crippen LogP contribution is 2.15. The number of halogens is 1. The lowest BCUT2D eigenvalue weighted by atomic mass is 10.0. The van der Waals surface area contributed by atoms with Crippen molar-refractivity contribution in [3.8, 4) is 0 Å². The van der Waals surface area contributed by atoms with E-state index >= 15 is 0 Å². The Morgan fingerprint density at radius 2 is 2.00 bits per heavy atom. The van der Waals surface area contributed by atoms with E-state index in [9.17, 15) is 19.1 Å². The molecular weight excluding hydrogens is 275 g/mol. The molecule has 0 radical (unpaired) electrons. The smallest absolute Gasteiger partial charge is 0.254 e. The van der Waals surface area contributed by atoms with E-state index < -0.39 is 17.8 Å². The van der Waals surface area contributed by atoms with E-state index in [0.29, 0.717) is 12.1 Å². The summed E-state index contributed by atoms with van der Waals surface area (Å²) in [7, 11) is 0. The van der Waals surface area contributed by atoms with Crippen LogP contribution in [0, 0.1) is 11.7 Å². The van der Waals surface area contributed by atoms with E-state index in [1.54, 1.807) is 0 Å². The summed E-state index contributed by atoms with van der Waals surface area (Å²) in [5, 5.41) is 14.7. The van der Waals surface area contributed by atoms with Gasteiger partial charge in [-0.1, -0.05) is 13.8 Å². The molecule has 0 bridgehead atoms. The van der Waals surface area contributed by atoms with E-state index in [-0.39, 0.29) is 23.9 Å². The monoisotopic (exact) mass is 296 g/mol. The normalized spacial score (nSPS) is 12.1. The minimum absolute atomic E-state index is 0.0988. The number of nitrogens with one attached hydrogen (secondary N) is 2. The fourth-order valence-corrected chi connectivity index (χ4v) is 1.74. The molecule has 1 aromatic rings. The Balaban J connectivity index is 2.66. The third kappa shape index (κ3) is 5.51. The van der Waals surface area contributed by atoms with E-state index in [4.69, 9.17) is 0 Å². The second-order valence-corrected chi connectivity index (χ2v) is 5.23. The molecule has 0 saturated heterocycles. The van der Waals surface area contributed by atoms with Gasteiger partial charge >= 0.3 is 0 Å². The minimum atomic E-state index is -0.661. The van der Waals surface area contributed by atoms with Crippen LogP contribution in [-0.2, 0) is 4.79 Å². The molecular formula is C15H21FN2O3. The van der Waals surface area contributed by atoms with Crippen molar-refractivity contribution in [1.82, 2.24) is 5.32 Å². The minimum Gasteiger partial charge on any atom is -0.393 e. The lowest BCUT2D eigenvalue weighted by Gasteiger charge is -2.14. The van der Waals surface area contributed by atoms with Gasteiger partial charge in [-0.2, -0.15) is 0 Å². The van der Waals surface area contributed by atoms with Gasteiger partial charge in [0.1, 0.15) is 5.82 Å². The van der Waals surface area contributed by atoms with Crippen LogP contribution in [0.1, 0.15) is 37.6 Å². The third-order valence-electron chi connectivity index (χ3n) is 3.03. The van der Waals surface area contributed by atoms with Gasteiger partial charge in [0.25, 0.3) is 5.91 Å².